The minimum absolute atomic E-state index is 0.499. The van der Waals surface area contributed by atoms with Crippen LogP contribution in [-0.4, -0.2) is 0 Å². The van der Waals surface area contributed by atoms with Gasteiger partial charge in [-0.1, -0.05) is 12.1 Å². The van der Waals surface area contributed by atoms with E-state index >= 15 is 0 Å². The Morgan fingerprint density at radius 2 is 1.47 bits per heavy atom. The van der Waals surface area contributed by atoms with Crippen LogP contribution in [0.15, 0.2) is 48.5 Å². The number of benzene rings is 2. The number of nitrogens with one attached hydrogen (secondary N) is 1. The fraction of sp³-hybridized carbons (Fsp3) is 0.143. The van der Waals surface area contributed by atoms with Crippen molar-refractivity contribution in [1.82, 2.24) is 0 Å². The smallest absolute Gasteiger partial charge is 0.381 e. The number of rotatable bonds is 3. The molecule has 0 bridgehead atoms. The number of hydrogen-bond acceptors (Lipinski definition) is 1. The van der Waals surface area contributed by atoms with Crippen molar-refractivity contribution in [2.75, 3.05) is 5.32 Å². The minimum atomic E-state index is -4.28. The molecule has 0 aromatic heterocycles. The van der Waals surface area contributed by atoms with Gasteiger partial charge in [-0.05, 0) is 64.6 Å². The lowest BCUT2D eigenvalue weighted by Crippen LogP contribution is -2.05. The van der Waals surface area contributed by atoms with E-state index in [4.69, 9.17) is 0 Å². The van der Waals surface area contributed by atoms with Gasteiger partial charge in [-0.2, -0.15) is 13.2 Å². The highest BCUT2D eigenvalue weighted by molar-refractivity contribution is 14.1. The first-order chi connectivity index (χ1) is 8.95. The van der Waals surface area contributed by atoms with E-state index in [9.17, 15) is 13.2 Å². The van der Waals surface area contributed by atoms with Crippen LogP contribution in [0.3, 0.4) is 0 Å². The molecule has 0 unspecified atom stereocenters. The largest absolute Gasteiger partial charge is 0.416 e. The van der Waals surface area contributed by atoms with E-state index in [1.165, 1.54) is 12.1 Å². The average molecular weight is 377 g/mol. The number of anilines is 1. The molecular formula is C14H11F3IN. The van der Waals surface area contributed by atoms with E-state index < -0.39 is 11.7 Å². The van der Waals surface area contributed by atoms with Crippen molar-refractivity contribution in [2.45, 2.75) is 12.7 Å². The standard InChI is InChI=1S/C14H11F3IN/c15-14(16,17)11-3-1-10(2-4-11)9-19-13-7-5-12(18)6-8-13/h1-8,19H,9H2. The van der Waals surface area contributed by atoms with Gasteiger partial charge in [0.25, 0.3) is 0 Å². The minimum Gasteiger partial charge on any atom is -0.381 e. The molecule has 0 heterocycles. The van der Waals surface area contributed by atoms with Gasteiger partial charge in [-0.15, -0.1) is 0 Å². The van der Waals surface area contributed by atoms with Crippen molar-refractivity contribution in [3.8, 4) is 0 Å². The van der Waals surface area contributed by atoms with E-state index in [0.29, 0.717) is 6.54 Å². The summed E-state index contributed by atoms with van der Waals surface area (Å²) in [6.07, 6.45) is -4.28. The number of halogens is 4. The van der Waals surface area contributed by atoms with E-state index in [2.05, 4.69) is 27.9 Å². The molecule has 0 aliphatic rings. The van der Waals surface area contributed by atoms with Crippen LogP contribution in [0.2, 0.25) is 0 Å². The second-order valence-corrected chi connectivity index (χ2v) is 5.30. The highest BCUT2D eigenvalue weighted by Gasteiger charge is 2.29. The molecule has 0 saturated heterocycles. The van der Waals surface area contributed by atoms with Crippen molar-refractivity contribution in [2.24, 2.45) is 0 Å². The molecule has 2 aromatic rings. The topological polar surface area (TPSA) is 12.0 Å². The number of hydrogen-bond donors (Lipinski definition) is 1. The van der Waals surface area contributed by atoms with E-state index in [1.54, 1.807) is 0 Å². The first kappa shape index (κ1) is 14.2. The molecule has 0 aliphatic carbocycles. The molecule has 2 aromatic carbocycles. The predicted molar refractivity (Wildman–Crippen MR) is 77.9 cm³/mol. The maximum atomic E-state index is 12.4. The van der Waals surface area contributed by atoms with Crippen LogP contribution in [0.4, 0.5) is 18.9 Å². The Labute approximate surface area is 123 Å². The molecule has 1 N–H and O–H groups in total. The van der Waals surface area contributed by atoms with Crippen LogP contribution >= 0.6 is 22.6 Å². The van der Waals surface area contributed by atoms with Gasteiger partial charge >= 0.3 is 6.18 Å². The zero-order chi connectivity index (χ0) is 13.9. The Balaban J connectivity index is 1.98. The van der Waals surface area contributed by atoms with E-state index in [-0.39, 0.29) is 0 Å². The SMILES string of the molecule is FC(F)(F)c1ccc(CNc2ccc(I)cc2)cc1. The van der Waals surface area contributed by atoms with Crippen molar-refractivity contribution < 1.29 is 13.2 Å². The summed E-state index contributed by atoms with van der Waals surface area (Å²) in [5.41, 5.74) is 1.14. The normalized spacial score (nSPS) is 11.4. The zero-order valence-electron chi connectivity index (χ0n) is 9.84. The third-order valence-corrected chi connectivity index (χ3v) is 3.34. The maximum Gasteiger partial charge on any atom is 0.416 e. The van der Waals surface area contributed by atoms with Crippen molar-refractivity contribution >= 4 is 28.3 Å². The lowest BCUT2D eigenvalue weighted by atomic mass is 10.1. The molecule has 0 spiro atoms. The fourth-order valence-electron chi connectivity index (χ4n) is 1.58. The van der Waals surface area contributed by atoms with Crippen LogP contribution in [0, 0.1) is 3.57 Å². The van der Waals surface area contributed by atoms with Gasteiger partial charge in [0, 0.05) is 15.8 Å². The third kappa shape index (κ3) is 4.12. The second kappa shape index (κ2) is 5.81. The van der Waals surface area contributed by atoms with E-state index in [0.717, 1.165) is 27.0 Å². The molecule has 0 atom stereocenters. The van der Waals surface area contributed by atoms with Gasteiger partial charge in [0.15, 0.2) is 0 Å². The van der Waals surface area contributed by atoms with Gasteiger partial charge in [0.1, 0.15) is 0 Å². The van der Waals surface area contributed by atoms with Crippen LogP contribution in [0.25, 0.3) is 0 Å². The van der Waals surface area contributed by atoms with Crippen molar-refractivity contribution in [1.29, 1.82) is 0 Å². The molecule has 100 valence electrons. The van der Waals surface area contributed by atoms with Gasteiger partial charge in [0.2, 0.25) is 0 Å². The lowest BCUT2D eigenvalue weighted by Gasteiger charge is -2.09. The molecule has 1 nitrogen and oxygen atoms in total. The highest BCUT2D eigenvalue weighted by atomic mass is 127. The van der Waals surface area contributed by atoms with E-state index in [1.807, 2.05) is 24.3 Å². The van der Waals surface area contributed by atoms with Gasteiger partial charge < -0.3 is 5.32 Å². The molecule has 5 heteroatoms. The first-order valence-corrected chi connectivity index (χ1v) is 6.68. The summed E-state index contributed by atoms with van der Waals surface area (Å²) in [7, 11) is 0. The van der Waals surface area contributed by atoms with Crippen LogP contribution < -0.4 is 5.32 Å². The number of alkyl halides is 3. The summed E-state index contributed by atoms with van der Waals surface area (Å²) < 4.78 is 38.3. The average Bonchev–Trinajstić information content (AvgIpc) is 2.37. The molecule has 0 fully saturated rings. The Kier molecular flexibility index (Phi) is 4.34. The predicted octanol–water partition coefficient (Wildman–Crippen LogP) is 4.92. The van der Waals surface area contributed by atoms with Gasteiger partial charge in [-0.3, -0.25) is 0 Å². The van der Waals surface area contributed by atoms with Crippen LogP contribution in [-0.2, 0) is 12.7 Å². The molecule has 0 radical (unpaired) electrons. The zero-order valence-corrected chi connectivity index (χ0v) is 12.0. The quantitative estimate of drug-likeness (QED) is 0.749. The summed E-state index contributed by atoms with van der Waals surface area (Å²) in [6, 6.07) is 13.0. The summed E-state index contributed by atoms with van der Waals surface area (Å²) in [4.78, 5) is 0. The molecule has 0 amide bonds. The van der Waals surface area contributed by atoms with Crippen molar-refractivity contribution in [3.05, 3.63) is 63.2 Å². The summed E-state index contributed by atoms with van der Waals surface area (Å²) >= 11 is 2.21. The highest BCUT2D eigenvalue weighted by Crippen LogP contribution is 2.29. The molecule has 2 rings (SSSR count). The van der Waals surface area contributed by atoms with Gasteiger partial charge in [0.05, 0.1) is 5.56 Å². The molecule has 19 heavy (non-hydrogen) atoms. The van der Waals surface area contributed by atoms with Gasteiger partial charge in [-0.25, -0.2) is 0 Å². The molecule has 0 saturated carbocycles. The Morgan fingerprint density at radius 3 is 2.00 bits per heavy atom. The summed E-state index contributed by atoms with van der Waals surface area (Å²) in [5, 5.41) is 3.16. The summed E-state index contributed by atoms with van der Waals surface area (Å²) in [6.45, 7) is 0.499. The molecule has 0 aliphatic heterocycles. The fourth-order valence-corrected chi connectivity index (χ4v) is 1.94. The second-order valence-electron chi connectivity index (χ2n) is 4.06. The monoisotopic (exact) mass is 377 g/mol. The Bertz CT molecular complexity index is 532. The third-order valence-electron chi connectivity index (χ3n) is 2.62. The van der Waals surface area contributed by atoms with Crippen LogP contribution in [0.5, 0.6) is 0 Å². The Morgan fingerprint density at radius 1 is 0.895 bits per heavy atom. The lowest BCUT2D eigenvalue weighted by molar-refractivity contribution is -0.137. The molecular weight excluding hydrogens is 366 g/mol. The Hall–Kier alpha value is -1.24. The van der Waals surface area contributed by atoms with Crippen molar-refractivity contribution in [3.63, 3.8) is 0 Å². The van der Waals surface area contributed by atoms with Crippen LogP contribution in [0.1, 0.15) is 11.1 Å². The first-order valence-electron chi connectivity index (χ1n) is 5.61. The summed E-state index contributed by atoms with van der Waals surface area (Å²) in [5.74, 6) is 0. The maximum absolute atomic E-state index is 12.4.